The molecule has 1 aliphatic heterocycles. The lowest BCUT2D eigenvalue weighted by atomic mass is 9.86. The van der Waals surface area contributed by atoms with Crippen LogP contribution in [0.2, 0.25) is 0 Å². The van der Waals surface area contributed by atoms with Crippen LogP contribution in [-0.4, -0.2) is 42.3 Å². The summed E-state index contributed by atoms with van der Waals surface area (Å²) in [5.41, 5.74) is -0.416. The van der Waals surface area contributed by atoms with Crippen LogP contribution < -0.4 is 0 Å². The van der Waals surface area contributed by atoms with Crippen molar-refractivity contribution >= 4 is 5.97 Å². The van der Waals surface area contributed by atoms with Crippen molar-refractivity contribution in [2.75, 3.05) is 26.3 Å². The molecule has 0 saturated carbocycles. The van der Waals surface area contributed by atoms with E-state index in [4.69, 9.17) is 9.84 Å². The molecule has 0 amide bonds. The maximum atomic E-state index is 14.0. The molecule has 1 aliphatic rings. The van der Waals surface area contributed by atoms with Gasteiger partial charge in [-0.05, 0) is 13.0 Å². The molecule has 0 aromatic heterocycles. The van der Waals surface area contributed by atoms with Crippen molar-refractivity contribution in [3.63, 3.8) is 0 Å². The zero-order valence-electron chi connectivity index (χ0n) is 10.9. The van der Waals surface area contributed by atoms with Gasteiger partial charge in [0.05, 0.1) is 25.2 Å². The first-order valence-corrected chi connectivity index (χ1v) is 6.33. The summed E-state index contributed by atoms with van der Waals surface area (Å²) in [5, 5.41) is 9.15. The molecule has 104 valence electrons. The Balaban J connectivity index is 2.38. The fraction of sp³-hybridized carbons (Fsp3) is 0.500. The van der Waals surface area contributed by atoms with Crippen LogP contribution >= 0.6 is 0 Å². The fourth-order valence-electron chi connectivity index (χ4n) is 2.63. The van der Waals surface area contributed by atoms with Crippen molar-refractivity contribution < 1.29 is 19.0 Å². The third-order valence-corrected chi connectivity index (χ3v) is 3.66. The van der Waals surface area contributed by atoms with Gasteiger partial charge < -0.3 is 9.84 Å². The van der Waals surface area contributed by atoms with E-state index >= 15 is 0 Å². The molecule has 1 aromatic carbocycles. The number of benzene rings is 1. The van der Waals surface area contributed by atoms with Crippen molar-refractivity contribution in [2.45, 2.75) is 18.9 Å². The van der Waals surface area contributed by atoms with Crippen molar-refractivity contribution in [3.05, 3.63) is 35.6 Å². The van der Waals surface area contributed by atoms with E-state index in [2.05, 4.69) is 0 Å². The number of carboxylic acid groups (broad SMARTS) is 1. The molecular weight excluding hydrogens is 249 g/mol. The van der Waals surface area contributed by atoms with E-state index in [1.807, 2.05) is 4.90 Å². The topological polar surface area (TPSA) is 49.8 Å². The van der Waals surface area contributed by atoms with Gasteiger partial charge in [0.25, 0.3) is 0 Å². The van der Waals surface area contributed by atoms with Crippen LogP contribution in [0.3, 0.4) is 0 Å². The van der Waals surface area contributed by atoms with Gasteiger partial charge in [-0.3, -0.25) is 9.69 Å². The molecular formula is C14H18FNO3. The van der Waals surface area contributed by atoms with Gasteiger partial charge in [0, 0.05) is 18.7 Å². The molecule has 4 nitrogen and oxygen atoms in total. The van der Waals surface area contributed by atoms with E-state index in [1.54, 1.807) is 25.1 Å². The minimum absolute atomic E-state index is 0.131. The van der Waals surface area contributed by atoms with Crippen LogP contribution in [0.5, 0.6) is 0 Å². The maximum absolute atomic E-state index is 14.0. The highest BCUT2D eigenvalue weighted by atomic mass is 19.1. The van der Waals surface area contributed by atoms with Crippen LogP contribution in [0.4, 0.5) is 4.39 Å². The number of carbonyl (C=O) groups is 1. The first-order valence-electron chi connectivity index (χ1n) is 6.33. The second kappa shape index (κ2) is 5.67. The summed E-state index contributed by atoms with van der Waals surface area (Å²) in [5.74, 6) is -1.30. The summed E-state index contributed by atoms with van der Waals surface area (Å²) in [4.78, 5) is 13.2. The van der Waals surface area contributed by atoms with Crippen molar-refractivity contribution in [3.8, 4) is 0 Å². The second-order valence-electron chi connectivity index (χ2n) is 4.92. The van der Waals surface area contributed by atoms with Crippen LogP contribution in [0.15, 0.2) is 24.3 Å². The standard InChI is InChI=1S/C14H18FNO3/c1-14(10-13(17)18,16-6-8-19-9-7-16)11-4-2-3-5-12(11)15/h2-5H,6-10H2,1H3,(H,17,18). The third kappa shape index (κ3) is 2.93. The Bertz CT molecular complexity index is 460. The fourth-order valence-corrected chi connectivity index (χ4v) is 2.63. The van der Waals surface area contributed by atoms with Crippen LogP contribution in [0, 0.1) is 5.82 Å². The summed E-state index contributed by atoms with van der Waals surface area (Å²) >= 11 is 0. The molecule has 1 saturated heterocycles. The van der Waals surface area contributed by atoms with E-state index in [1.165, 1.54) is 6.07 Å². The van der Waals surface area contributed by atoms with Crippen LogP contribution in [0.25, 0.3) is 0 Å². The zero-order chi connectivity index (χ0) is 13.9. The van der Waals surface area contributed by atoms with Gasteiger partial charge in [-0.1, -0.05) is 18.2 Å². The Morgan fingerprint density at radius 2 is 2.05 bits per heavy atom. The van der Waals surface area contributed by atoms with Gasteiger partial charge in [0.15, 0.2) is 0 Å². The molecule has 0 bridgehead atoms. The quantitative estimate of drug-likeness (QED) is 0.904. The highest BCUT2D eigenvalue weighted by molar-refractivity contribution is 5.69. The van der Waals surface area contributed by atoms with Crippen molar-refractivity contribution in [1.82, 2.24) is 4.90 Å². The molecule has 1 fully saturated rings. The highest BCUT2D eigenvalue weighted by Gasteiger charge is 2.38. The van der Waals surface area contributed by atoms with Crippen LogP contribution in [0.1, 0.15) is 18.9 Å². The van der Waals surface area contributed by atoms with Gasteiger partial charge >= 0.3 is 5.97 Å². The molecule has 1 N–H and O–H groups in total. The summed E-state index contributed by atoms with van der Waals surface area (Å²) in [6.45, 7) is 4.09. The minimum Gasteiger partial charge on any atom is -0.481 e. The van der Waals surface area contributed by atoms with Gasteiger partial charge in [-0.2, -0.15) is 0 Å². The Hall–Kier alpha value is -1.46. The monoisotopic (exact) mass is 267 g/mol. The van der Waals surface area contributed by atoms with Gasteiger partial charge in [0.2, 0.25) is 0 Å². The zero-order valence-corrected chi connectivity index (χ0v) is 10.9. The second-order valence-corrected chi connectivity index (χ2v) is 4.92. The van der Waals surface area contributed by atoms with Crippen molar-refractivity contribution in [1.29, 1.82) is 0 Å². The SMILES string of the molecule is CC(CC(=O)O)(c1ccccc1F)N1CCOCC1. The number of hydrogen-bond donors (Lipinski definition) is 1. The van der Waals surface area contributed by atoms with Gasteiger partial charge in [-0.25, -0.2) is 4.39 Å². The molecule has 1 heterocycles. The number of carboxylic acids is 1. The molecule has 5 heteroatoms. The molecule has 2 rings (SSSR count). The summed E-state index contributed by atoms with van der Waals surface area (Å²) in [7, 11) is 0. The average molecular weight is 267 g/mol. The average Bonchev–Trinajstić information content (AvgIpc) is 2.39. The van der Waals surface area contributed by atoms with Gasteiger partial charge in [0.1, 0.15) is 5.82 Å². The normalized spacial score (nSPS) is 19.9. The summed E-state index contributed by atoms with van der Waals surface area (Å²) < 4.78 is 19.3. The first kappa shape index (κ1) is 14.0. The molecule has 1 atom stereocenters. The molecule has 0 radical (unpaired) electrons. The third-order valence-electron chi connectivity index (χ3n) is 3.66. The number of morpholine rings is 1. The van der Waals surface area contributed by atoms with E-state index < -0.39 is 11.5 Å². The highest BCUT2D eigenvalue weighted by Crippen LogP contribution is 2.34. The van der Waals surface area contributed by atoms with E-state index in [0.717, 1.165) is 0 Å². The molecule has 1 aromatic rings. The minimum atomic E-state index is -0.933. The Morgan fingerprint density at radius 1 is 1.42 bits per heavy atom. The van der Waals surface area contributed by atoms with Crippen LogP contribution in [-0.2, 0) is 15.1 Å². The lowest BCUT2D eigenvalue weighted by Crippen LogP contribution is -2.51. The Kier molecular flexibility index (Phi) is 4.17. The maximum Gasteiger partial charge on any atom is 0.305 e. The van der Waals surface area contributed by atoms with E-state index in [-0.39, 0.29) is 12.2 Å². The molecule has 0 aliphatic carbocycles. The molecule has 19 heavy (non-hydrogen) atoms. The van der Waals surface area contributed by atoms with E-state index in [9.17, 15) is 9.18 Å². The number of ether oxygens (including phenoxy) is 1. The Labute approximate surface area is 111 Å². The predicted molar refractivity (Wildman–Crippen MR) is 68.4 cm³/mol. The summed E-state index contributed by atoms with van der Waals surface area (Å²) in [6.07, 6.45) is -0.131. The smallest absolute Gasteiger partial charge is 0.305 e. The predicted octanol–water partition coefficient (Wildman–Crippen LogP) is 1.85. The summed E-state index contributed by atoms with van der Waals surface area (Å²) in [6, 6.07) is 6.38. The number of rotatable bonds is 4. The van der Waals surface area contributed by atoms with Gasteiger partial charge in [-0.15, -0.1) is 0 Å². The largest absolute Gasteiger partial charge is 0.481 e. The number of halogens is 1. The number of hydrogen-bond acceptors (Lipinski definition) is 3. The molecule has 1 unspecified atom stereocenters. The Morgan fingerprint density at radius 3 is 2.63 bits per heavy atom. The lowest BCUT2D eigenvalue weighted by Gasteiger charge is -2.43. The number of nitrogens with zero attached hydrogens (tertiary/aromatic N) is 1. The van der Waals surface area contributed by atoms with Crippen molar-refractivity contribution in [2.24, 2.45) is 0 Å². The van der Waals surface area contributed by atoms with E-state index in [0.29, 0.717) is 31.9 Å². The lowest BCUT2D eigenvalue weighted by molar-refractivity contribution is -0.141. The number of aliphatic carboxylic acids is 1. The molecule has 0 spiro atoms. The first-order chi connectivity index (χ1) is 9.04.